The molecule has 0 radical (unpaired) electrons. The van der Waals surface area contributed by atoms with Crippen molar-refractivity contribution in [3.05, 3.63) is 17.6 Å². The molecule has 1 amide bonds. The zero-order valence-corrected chi connectivity index (χ0v) is 18.5. The van der Waals surface area contributed by atoms with Crippen molar-refractivity contribution in [3.8, 4) is 0 Å². The number of rotatable bonds is 9. The molecular weight excluding hydrogens is 366 g/mol. The van der Waals surface area contributed by atoms with E-state index >= 15 is 0 Å². The van der Waals surface area contributed by atoms with Gasteiger partial charge in [-0.2, -0.15) is 0 Å². The molecule has 7 heteroatoms. The van der Waals surface area contributed by atoms with E-state index in [2.05, 4.69) is 42.0 Å². The Bertz CT molecular complexity index is 662. The normalized spacial score (nSPS) is 23.0. The summed E-state index contributed by atoms with van der Waals surface area (Å²) in [5, 5.41) is 2.89. The number of aromatic nitrogens is 2. The maximum Gasteiger partial charge on any atom is 0.207 e. The highest BCUT2D eigenvalue weighted by atomic mass is 16.5. The van der Waals surface area contributed by atoms with Crippen LogP contribution in [0.1, 0.15) is 51.6 Å². The number of ether oxygens (including phenoxy) is 1. The Labute approximate surface area is 175 Å². The lowest BCUT2D eigenvalue weighted by Crippen LogP contribution is -2.48. The minimum atomic E-state index is -0.0704. The number of carbonyl (C=O) groups excluding carboxylic acids is 1. The molecule has 7 nitrogen and oxygen atoms in total. The third kappa shape index (κ3) is 6.12. The lowest BCUT2D eigenvalue weighted by atomic mass is 9.78. The largest absolute Gasteiger partial charge is 0.384 e. The fourth-order valence-corrected chi connectivity index (χ4v) is 4.08. The molecule has 29 heavy (non-hydrogen) atoms. The predicted octanol–water partition coefficient (Wildman–Crippen LogP) is 2.00. The Morgan fingerprint density at radius 3 is 2.55 bits per heavy atom. The Morgan fingerprint density at radius 2 is 1.93 bits per heavy atom. The van der Waals surface area contributed by atoms with Gasteiger partial charge in [0, 0.05) is 62.9 Å². The van der Waals surface area contributed by atoms with Crippen molar-refractivity contribution >= 4 is 12.2 Å². The molecule has 1 saturated heterocycles. The van der Waals surface area contributed by atoms with E-state index in [9.17, 15) is 4.79 Å². The number of piperazine rings is 1. The van der Waals surface area contributed by atoms with E-state index in [0.29, 0.717) is 12.6 Å². The van der Waals surface area contributed by atoms with E-state index in [1.807, 2.05) is 0 Å². The van der Waals surface area contributed by atoms with Crippen molar-refractivity contribution in [1.29, 1.82) is 0 Å². The SMILES string of the molecule is COCCc1cc(N2CCN(CC[C@H]3C[C@@H](NC=O)C3)CC2)nc(C(C)(C)C)n1. The smallest absolute Gasteiger partial charge is 0.207 e. The molecule has 0 atom stereocenters. The van der Waals surface area contributed by atoms with Crippen LogP contribution in [-0.2, 0) is 21.4 Å². The number of hydrogen-bond donors (Lipinski definition) is 1. The van der Waals surface area contributed by atoms with Crippen LogP contribution in [0, 0.1) is 5.92 Å². The quantitative estimate of drug-likeness (QED) is 0.636. The van der Waals surface area contributed by atoms with Gasteiger partial charge in [0.1, 0.15) is 11.6 Å². The summed E-state index contributed by atoms with van der Waals surface area (Å²) in [5.74, 6) is 2.73. The summed E-state index contributed by atoms with van der Waals surface area (Å²) in [6, 6.07) is 2.55. The van der Waals surface area contributed by atoms with Gasteiger partial charge in [-0.25, -0.2) is 9.97 Å². The molecule has 1 aromatic rings. The number of methoxy groups -OCH3 is 1. The highest BCUT2D eigenvalue weighted by molar-refractivity contribution is 5.47. The van der Waals surface area contributed by atoms with Crippen molar-refractivity contribution in [2.45, 2.75) is 57.9 Å². The van der Waals surface area contributed by atoms with Gasteiger partial charge < -0.3 is 15.0 Å². The summed E-state index contributed by atoms with van der Waals surface area (Å²) in [6.45, 7) is 12.5. The molecule has 0 unspecified atom stereocenters. The summed E-state index contributed by atoms with van der Waals surface area (Å²) in [5.41, 5.74) is 0.992. The summed E-state index contributed by atoms with van der Waals surface area (Å²) < 4.78 is 5.25. The minimum absolute atomic E-state index is 0.0704. The van der Waals surface area contributed by atoms with Crippen LogP contribution in [0.15, 0.2) is 6.07 Å². The molecule has 162 valence electrons. The summed E-state index contributed by atoms with van der Waals surface area (Å²) in [6.07, 6.45) is 5.16. The topological polar surface area (TPSA) is 70.6 Å². The zero-order chi connectivity index (χ0) is 20.9. The Morgan fingerprint density at radius 1 is 1.21 bits per heavy atom. The van der Waals surface area contributed by atoms with Gasteiger partial charge in [-0.1, -0.05) is 20.8 Å². The molecule has 0 bridgehead atoms. The number of nitrogens with one attached hydrogen (secondary N) is 1. The van der Waals surface area contributed by atoms with E-state index in [-0.39, 0.29) is 5.41 Å². The van der Waals surface area contributed by atoms with Crippen LogP contribution in [0.5, 0.6) is 0 Å². The zero-order valence-electron chi connectivity index (χ0n) is 18.5. The molecule has 0 aromatic carbocycles. The van der Waals surface area contributed by atoms with E-state index in [0.717, 1.165) is 81.7 Å². The number of hydrogen-bond acceptors (Lipinski definition) is 6. The molecule has 2 heterocycles. The summed E-state index contributed by atoms with van der Waals surface area (Å²) in [7, 11) is 1.73. The van der Waals surface area contributed by atoms with E-state index < -0.39 is 0 Å². The molecule has 3 rings (SSSR count). The monoisotopic (exact) mass is 403 g/mol. The number of amides is 1. The standard InChI is InChI=1S/C22H37N5O2/c1-22(2,3)21-24-18(6-12-29-4)15-20(25-21)27-10-8-26(9-11-27)7-5-17-13-19(14-17)23-16-28/h15-17,19H,5-14H2,1-4H3,(H,23,28)/t17-,19+. The first kappa shape index (κ1) is 22.0. The molecular formula is C22H37N5O2. The number of nitrogens with zero attached hydrogens (tertiary/aromatic N) is 4. The van der Waals surface area contributed by atoms with Gasteiger partial charge in [-0.3, -0.25) is 9.69 Å². The van der Waals surface area contributed by atoms with Crippen molar-refractivity contribution in [2.24, 2.45) is 5.92 Å². The molecule has 2 fully saturated rings. The molecule has 1 aliphatic carbocycles. The lowest BCUT2D eigenvalue weighted by molar-refractivity contribution is -0.110. The van der Waals surface area contributed by atoms with Crippen LogP contribution in [-0.4, -0.2) is 73.8 Å². The summed E-state index contributed by atoms with van der Waals surface area (Å²) in [4.78, 5) is 25.1. The van der Waals surface area contributed by atoms with Crippen LogP contribution in [0.3, 0.4) is 0 Å². The van der Waals surface area contributed by atoms with Crippen molar-refractivity contribution in [2.75, 3.05) is 51.3 Å². The Hall–Kier alpha value is -1.73. The van der Waals surface area contributed by atoms with Gasteiger partial charge in [-0.05, 0) is 31.7 Å². The third-order valence-electron chi connectivity index (χ3n) is 6.09. The first-order valence-electron chi connectivity index (χ1n) is 10.9. The van der Waals surface area contributed by atoms with E-state index in [1.54, 1.807) is 7.11 Å². The fraction of sp³-hybridized carbons (Fsp3) is 0.773. The average molecular weight is 404 g/mol. The van der Waals surface area contributed by atoms with Gasteiger partial charge in [0.25, 0.3) is 0 Å². The average Bonchev–Trinajstić information content (AvgIpc) is 2.67. The van der Waals surface area contributed by atoms with Crippen molar-refractivity contribution in [1.82, 2.24) is 20.2 Å². The van der Waals surface area contributed by atoms with Crippen LogP contribution in [0.2, 0.25) is 0 Å². The van der Waals surface area contributed by atoms with Gasteiger partial charge >= 0.3 is 0 Å². The highest BCUT2D eigenvalue weighted by Gasteiger charge is 2.29. The van der Waals surface area contributed by atoms with Crippen LogP contribution >= 0.6 is 0 Å². The predicted molar refractivity (Wildman–Crippen MR) is 115 cm³/mol. The van der Waals surface area contributed by atoms with Crippen molar-refractivity contribution < 1.29 is 9.53 Å². The van der Waals surface area contributed by atoms with Gasteiger partial charge in [0.2, 0.25) is 6.41 Å². The molecule has 1 saturated carbocycles. The molecule has 1 aliphatic heterocycles. The molecule has 1 aromatic heterocycles. The van der Waals surface area contributed by atoms with Crippen LogP contribution in [0.25, 0.3) is 0 Å². The second-order valence-electron chi connectivity index (χ2n) is 9.47. The first-order valence-corrected chi connectivity index (χ1v) is 10.9. The first-order chi connectivity index (χ1) is 13.9. The molecule has 2 aliphatic rings. The number of anilines is 1. The third-order valence-corrected chi connectivity index (χ3v) is 6.09. The lowest BCUT2D eigenvalue weighted by Gasteiger charge is -2.39. The Balaban J connectivity index is 1.52. The van der Waals surface area contributed by atoms with E-state index in [4.69, 9.17) is 14.7 Å². The van der Waals surface area contributed by atoms with Crippen molar-refractivity contribution in [3.63, 3.8) is 0 Å². The maximum atomic E-state index is 10.5. The van der Waals surface area contributed by atoms with E-state index in [1.165, 1.54) is 6.42 Å². The van der Waals surface area contributed by atoms with Crippen LogP contribution < -0.4 is 10.2 Å². The second-order valence-corrected chi connectivity index (χ2v) is 9.47. The minimum Gasteiger partial charge on any atom is -0.384 e. The number of carbonyl (C=O) groups is 1. The Kier molecular flexibility index (Phi) is 7.46. The summed E-state index contributed by atoms with van der Waals surface area (Å²) >= 11 is 0. The molecule has 1 N–H and O–H groups in total. The second kappa shape index (κ2) is 9.85. The highest BCUT2D eigenvalue weighted by Crippen LogP contribution is 2.30. The van der Waals surface area contributed by atoms with Gasteiger partial charge in [0.15, 0.2) is 0 Å². The fourth-order valence-electron chi connectivity index (χ4n) is 4.08. The maximum absolute atomic E-state index is 10.5. The van der Waals surface area contributed by atoms with Gasteiger partial charge in [0.05, 0.1) is 6.61 Å². The molecule has 0 spiro atoms. The van der Waals surface area contributed by atoms with Crippen LogP contribution in [0.4, 0.5) is 5.82 Å². The van der Waals surface area contributed by atoms with Gasteiger partial charge in [-0.15, -0.1) is 0 Å².